The summed E-state index contributed by atoms with van der Waals surface area (Å²) in [5.41, 5.74) is 0.236. The molecule has 0 radical (unpaired) electrons. The van der Waals surface area contributed by atoms with Gasteiger partial charge >= 0.3 is 0 Å². The Labute approximate surface area is 142 Å². The van der Waals surface area contributed by atoms with Gasteiger partial charge in [-0.15, -0.1) is 0 Å². The lowest BCUT2D eigenvalue weighted by Crippen LogP contribution is -2.50. The zero-order valence-electron chi connectivity index (χ0n) is 13.7. The molecule has 23 heavy (non-hydrogen) atoms. The number of aromatic nitrogens is 1. The van der Waals surface area contributed by atoms with E-state index in [0.29, 0.717) is 37.1 Å². The molecule has 1 saturated heterocycles. The first-order chi connectivity index (χ1) is 11.0. The summed E-state index contributed by atoms with van der Waals surface area (Å²) in [7, 11) is 0. The summed E-state index contributed by atoms with van der Waals surface area (Å²) in [5.74, 6) is 0.234. The fourth-order valence-electron chi connectivity index (χ4n) is 2.51. The van der Waals surface area contributed by atoms with Crippen molar-refractivity contribution >= 4 is 17.5 Å². The Bertz CT molecular complexity index is 533. The fourth-order valence-corrected chi connectivity index (χ4v) is 2.70. The number of piperazine rings is 1. The summed E-state index contributed by atoms with van der Waals surface area (Å²) in [6.45, 7) is 7.65. The van der Waals surface area contributed by atoms with E-state index in [2.05, 4.69) is 9.88 Å². The van der Waals surface area contributed by atoms with E-state index in [4.69, 9.17) is 16.3 Å². The molecule has 128 valence electrons. The molecule has 6 nitrogen and oxygen atoms in total. The number of β-amino-alcohol motifs (C(OH)–C–C–N with tert-alkyl or cyclic N) is 1. The number of aliphatic hydroxyl groups excluding tert-OH is 1. The van der Waals surface area contributed by atoms with Crippen molar-refractivity contribution in [3.8, 4) is 5.88 Å². The maximum Gasteiger partial charge on any atom is 0.274 e. The molecule has 1 aliphatic heterocycles. The Morgan fingerprint density at radius 2 is 2.04 bits per heavy atom. The quantitative estimate of drug-likeness (QED) is 0.852. The lowest BCUT2D eigenvalue weighted by molar-refractivity contribution is 0.0518. The van der Waals surface area contributed by atoms with Gasteiger partial charge < -0.3 is 14.7 Å². The number of carbonyl (C=O) groups is 1. The Hall–Kier alpha value is -1.37. The number of carbonyl (C=O) groups excluding carboxylic acids is 1. The summed E-state index contributed by atoms with van der Waals surface area (Å²) in [6, 6.07) is 3.30. The van der Waals surface area contributed by atoms with E-state index in [0.717, 1.165) is 19.5 Å². The zero-order valence-corrected chi connectivity index (χ0v) is 14.4. The van der Waals surface area contributed by atoms with Gasteiger partial charge in [0.1, 0.15) is 0 Å². The smallest absolute Gasteiger partial charge is 0.274 e. The third-order valence-electron chi connectivity index (χ3n) is 3.91. The number of aliphatic hydroxyl groups is 1. The van der Waals surface area contributed by atoms with E-state index in [9.17, 15) is 9.90 Å². The van der Waals surface area contributed by atoms with E-state index in [-0.39, 0.29) is 17.7 Å². The second-order valence-corrected chi connectivity index (χ2v) is 5.98. The molecule has 1 aliphatic rings. The Kier molecular flexibility index (Phi) is 6.62. The standard InChI is InChI=1S/C16H24ClN3O3/c1-3-12(21)11-19-7-9-20(10-8-19)16(22)15-13(17)5-6-14(18-15)23-4-2/h5-6,12,21H,3-4,7-11H2,1-2H3/t12-/m0/s1. The van der Waals surface area contributed by atoms with E-state index in [1.165, 1.54) is 0 Å². The minimum Gasteiger partial charge on any atom is -0.478 e. The number of nitrogens with zero attached hydrogens (tertiary/aromatic N) is 3. The summed E-state index contributed by atoms with van der Waals surface area (Å²) >= 11 is 6.12. The molecular weight excluding hydrogens is 318 g/mol. The lowest BCUT2D eigenvalue weighted by Gasteiger charge is -2.35. The summed E-state index contributed by atoms with van der Waals surface area (Å²) < 4.78 is 5.34. The maximum absolute atomic E-state index is 12.6. The number of amides is 1. The van der Waals surface area contributed by atoms with E-state index < -0.39 is 0 Å². The third-order valence-corrected chi connectivity index (χ3v) is 4.22. The molecule has 7 heteroatoms. The SMILES string of the molecule is CCOc1ccc(Cl)c(C(=O)N2CCN(C[C@@H](O)CC)CC2)n1. The first-order valence-corrected chi connectivity index (χ1v) is 8.42. The molecule has 0 spiro atoms. The van der Waals surface area contributed by atoms with E-state index in [1.807, 2.05) is 13.8 Å². The normalized spacial score (nSPS) is 17.1. The van der Waals surface area contributed by atoms with Gasteiger partial charge in [-0.2, -0.15) is 0 Å². The number of hydrogen-bond donors (Lipinski definition) is 1. The molecule has 1 N–H and O–H groups in total. The van der Waals surface area contributed by atoms with Crippen LogP contribution in [0.2, 0.25) is 5.02 Å². The van der Waals surface area contributed by atoms with Gasteiger partial charge in [-0.05, 0) is 19.4 Å². The lowest BCUT2D eigenvalue weighted by atomic mass is 10.2. The molecule has 1 fully saturated rings. The van der Waals surface area contributed by atoms with Crippen molar-refractivity contribution in [2.75, 3.05) is 39.3 Å². The summed E-state index contributed by atoms with van der Waals surface area (Å²) in [6.07, 6.45) is 0.430. The van der Waals surface area contributed by atoms with Crippen LogP contribution in [0.5, 0.6) is 5.88 Å². The highest BCUT2D eigenvalue weighted by Gasteiger charge is 2.25. The number of rotatable bonds is 6. The van der Waals surface area contributed by atoms with Crippen molar-refractivity contribution in [3.63, 3.8) is 0 Å². The Balaban J connectivity index is 1.98. The number of halogens is 1. The fraction of sp³-hybridized carbons (Fsp3) is 0.625. The molecule has 0 saturated carbocycles. The average Bonchev–Trinajstić information content (AvgIpc) is 2.57. The van der Waals surface area contributed by atoms with Crippen molar-refractivity contribution < 1.29 is 14.6 Å². The second kappa shape index (κ2) is 8.47. The molecule has 0 bridgehead atoms. The zero-order chi connectivity index (χ0) is 16.8. The molecule has 2 rings (SSSR count). The van der Waals surface area contributed by atoms with E-state index >= 15 is 0 Å². The van der Waals surface area contributed by atoms with E-state index in [1.54, 1.807) is 17.0 Å². The number of hydrogen-bond acceptors (Lipinski definition) is 5. The van der Waals surface area contributed by atoms with Gasteiger partial charge in [0.15, 0.2) is 5.69 Å². The highest BCUT2D eigenvalue weighted by atomic mass is 35.5. The van der Waals surface area contributed by atoms with Crippen LogP contribution in [-0.2, 0) is 0 Å². The second-order valence-electron chi connectivity index (χ2n) is 5.57. The average molecular weight is 342 g/mol. The molecule has 1 aromatic rings. The topological polar surface area (TPSA) is 65.9 Å². The van der Waals surface area contributed by atoms with Crippen molar-refractivity contribution in [2.24, 2.45) is 0 Å². The van der Waals surface area contributed by atoms with Crippen LogP contribution in [0, 0.1) is 0 Å². The largest absolute Gasteiger partial charge is 0.478 e. The predicted molar refractivity (Wildman–Crippen MR) is 89.1 cm³/mol. The first-order valence-electron chi connectivity index (χ1n) is 8.04. The monoisotopic (exact) mass is 341 g/mol. The van der Waals surface area contributed by atoms with Gasteiger partial charge in [0, 0.05) is 38.8 Å². The van der Waals surface area contributed by atoms with Crippen LogP contribution in [0.1, 0.15) is 30.8 Å². The predicted octanol–water partition coefficient (Wildman–Crippen LogP) is 1.66. The van der Waals surface area contributed by atoms with Crippen LogP contribution in [-0.4, -0.2) is 71.2 Å². The molecule has 0 aromatic carbocycles. The molecule has 1 aromatic heterocycles. The van der Waals surface area contributed by atoms with Crippen LogP contribution in [0.25, 0.3) is 0 Å². The molecule has 0 unspecified atom stereocenters. The summed E-state index contributed by atoms with van der Waals surface area (Å²) in [5, 5.41) is 10.1. The van der Waals surface area contributed by atoms with Crippen molar-refractivity contribution in [1.29, 1.82) is 0 Å². The van der Waals surface area contributed by atoms with Crippen molar-refractivity contribution in [1.82, 2.24) is 14.8 Å². The Morgan fingerprint density at radius 1 is 1.35 bits per heavy atom. The van der Waals surface area contributed by atoms with Gasteiger partial charge in [-0.3, -0.25) is 9.69 Å². The minimum atomic E-state index is -0.309. The van der Waals surface area contributed by atoms with Crippen LogP contribution >= 0.6 is 11.6 Å². The first kappa shape index (κ1) is 18.0. The van der Waals surface area contributed by atoms with Crippen molar-refractivity contribution in [3.05, 3.63) is 22.8 Å². The molecular formula is C16H24ClN3O3. The highest BCUT2D eigenvalue weighted by Crippen LogP contribution is 2.20. The third kappa shape index (κ3) is 4.80. The summed E-state index contributed by atoms with van der Waals surface area (Å²) in [4.78, 5) is 20.8. The van der Waals surface area contributed by atoms with Gasteiger partial charge in [0.05, 0.1) is 17.7 Å². The maximum atomic E-state index is 12.6. The number of ether oxygens (including phenoxy) is 1. The van der Waals surface area contributed by atoms with Crippen LogP contribution in [0.3, 0.4) is 0 Å². The molecule has 0 aliphatic carbocycles. The van der Waals surface area contributed by atoms with Crippen molar-refractivity contribution in [2.45, 2.75) is 26.4 Å². The van der Waals surface area contributed by atoms with Gasteiger partial charge in [-0.1, -0.05) is 18.5 Å². The van der Waals surface area contributed by atoms with Gasteiger partial charge in [0.25, 0.3) is 5.91 Å². The van der Waals surface area contributed by atoms with Crippen LogP contribution < -0.4 is 4.74 Å². The van der Waals surface area contributed by atoms with Gasteiger partial charge in [0.2, 0.25) is 5.88 Å². The minimum absolute atomic E-state index is 0.174. The number of pyridine rings is 1. The highest BCUT2D eigenvalue weighted by molar-refractivity contribution is 6.33. The molecule has 1 atom stereocenters. The van der Waals surface area contributed by atoms with Crippen LogP contribution in [0.4, 0.5) is 0 Å². The Morgan fingerprint density at radius 3 is 2.65 bits per heavy atom. The molecule has 1 amide bonds. The van der Waals surface area contributed by atoms with Crippen LogP contribution in [0.15, 0.2) is 12.1 Å². The molecule has 2 heterocycles. The van der Waals surface area contributed by atoms with Gasteiger partial charge in [-0.25, -0.2) is 4.98 Å².